The number of rotatable bonds is 5. The number of nitrogens with two attached hydrogens (primary N) is 1. The number of sulfonamides is 1. The summed E-state index contributed by atoms with van der Waals surface area (Å²) in [5.74, 6) is -0.319. The van der Waals surface area contributed by atoms with Crippen LogP contribution in [0.4, 0.5) is 0 Å². The smallest absolute Gasteiger partial charge is 0.251 e. The van der Waals surface area contributed by atoms with Crippen molar-refractivity contribution >= 4 is 31.9 Å². The summed E-state index contributed by atoms with van der Waals surface area (Å²) in [7, 11) is -3.87. The largest absolute Gasteiger partial charge is 0.347 e. The number of primary sulfonamides is 1. The quantitative estimate of drug-likeness (QED) is 0.842. The summed E-state index contributed by atoms with van der Waals surface area (Å²) in [6.07, 6.45) is 1.77. The Morgan fingerprint density at radius 2 is 2.00 bits per heavy atom. The fourth-order valence-corrected chi connectivity index (χ4v) is 3.48. The molecule has 0 saturated heterocycles. The maximum absolute atomic E-state index is 12.2. The third-order valence-electron chi connectivity index (χ3n) is 2.83. The molecule has 0 atom stereocenters. The molecule has 0 fully saturated rings. The van der Waals surface area contributed by atoms with Gasteiger partial charge in [-0.1, -0.05) is 13.3 Å². The molecule has 1 aromatic carbocycles. The number of benzene rings is 1. The van der Waals surface area contributed by atoms with E-state index in [1.165, 1.54) is 12.1 Å². The van der Waals surface area contributed by atoms with Crippen LogP contribution in [-0.2, 0) is 10.0 Å². The van der Waals surface area contributed by atoms with Crippen molar-refractivity contribution in [1.29, 1.82) is 0 Å². The van der Waals surface area contributed by atoms with Crippen LogP contribution in [0.3, 0.4) is 0 Å². The molecule has 0 bridgehead atoms. The van der Waals surface area contributed by atoms with Crippen LogP contribution in [0.5, 0.6) is 0 Å². The van der Waals surface area contributed by atoms with Crippen LogP contribution in [0.15, 0.2) is 27.6 Å². The summed E-state index contributed by atoms with van der Waals surface area (Å²) in [6.45, 7) is 5.88. The van der Waals surface area contributed by atoms with Gasteiger partial charge in [-0.15, -0.1) is 0 Å². The van der Waals surface area contributed by atoms with Crippen LogP contribution in [0.1, 0.15) is 44.0 Å². The number of hydrogen-bond acceptors (Lipinski definition) is 3. The number of nitrogens with one attached hydrogen (secondary N) is 1. The van der Waals surface area contributed by atoms with Crippen LogP contribution in [0.2, 0.25) is 0 Å². The molecule has 0 aliphatic heterocycles. The maximum atomic E-state index is 12.2. The molecule has 1 amide bonds. The Morgan fingerprint density at radius 3 is 2.50 bits per heavy atom. The number of hydrogen-bond donors (Lipinski definition) is 2. The molecule has 112 valence electrons. The van der Waals surface area contributed by atoms with Crippen molar-refractivity contribution in [3.8, 4) is 0 Å². The van der Waals surface area contributed by atoms with Gasteiger partial charge in [-0.05, 0) is 54.4 Å². The molecule has 5 nitrogen and oxygen atoms in total. The summed E-state index contributed by atoms with van der Waals surface area (Å²) in [5.41, 5.74) is -0.0814. The van der Waals surface area contributed by atoms with Crippen LogP contribution < -0.4 is 10.5 Å². The number of carbonyl (C=O) groups excluding carboxylic acids is 1. The highest BCUT2D eigenvalue weighted by Crippen LogP contribution is 2.22. The predicted molar refractivity (Wildman–Crippen MR) is 82.0 cm³/mol. The molecule has 0 heterocycles. The van der Waals surface area contributed by atoms with Crippen molar-refractivity contribution in [2.45, 2.75) is 44.0 Å². The van der Waals surface area contributed by atoms with E-state index < -0.39 is 10.0 Å². The Bertz CT molecular complexity index is 612. The third-order valence-corrected chi connectivity index (χ3v) is 4.73. The minimum absolute atomic E-state index is 0.0987. The monoisotopic (exact) mass is 362 g/mol. The van der Waals surface area contributed by atoms with Gasteiger partial charge in [0.05, 0.1) is 4.90 Å². The highest BCUT2D eigenvalue weighted by atomic mass is 79.9. The van der Waals surface area contributed by atoms with E-state index in [0.29, 0.717) is 4.47 Å². The average molecular weight is 363 g/mol. The second-order valence-corrected chi connectivity index (χ2v) is 7.66. The lowest BCUT2D eigenvalue weighted by molar-refractivity contribution is 0.0909. The molecule has 7 heteroatoms. The Labute approximate surface area is 128 Å². The van der Waals surface area contributed by atoms with Gasteiger partial charge in [0.2, 0.25) is 10.0 Å². The molecule has 20 heavy (non-hydrogen) atoms. The van der Waals surface area contributed by atoms with E-state index in [-0.39, 0.29) is 21.9 Å². The Hall–Kier alpha value is -0.920. The maximum Gasteiger partial charge on any atom is 0.251 e. The van der Waals surface area contributed by atoms with Gasteiger partial charge in [0.1, 0.15) is 0 Å². The molecule has 0 radical (unpaired) electrons. The molecule has 0 spiro atoms. The van der Waals surface area contributed by atoms with Crippen LogP contribution in [-0.4, -0.2) is 19.9 Å². The van der Waals surface area contributed by atoms with E-state index in [0.717, 1.165) is 12.8 Å². The van der Waals surface area contributed by atoms with Crippen molar-refractivity contribution in [3.63, 3.8) is 0 Å². The molecule has 0 unspecified atom stereocenters. The molecule has 0 aliphatic carbocycles. The van der Waals surface area contributed by atoms with Crippen molar-refractivity contribution in [3.05, 3.63) is 28.2 Å². The highest BCUT2D eigenvalue weighted by molar-refractivity contribution is 9.10. The van der Waals surface area contributed by atoms with E-state index >= 15 is 0 Å². The number of halogens is 1. The lowest BCUT2D eigenvalue weighted by Gasteiger charge is -2.25. The van der Waals surface area contributed by atoms with Gasteiger partial charge in [-0.25, -0.2) is 13.6 Å². The minimum atomic E-state index is -3.87. The Balaban J connectivity index is 3.07. The summed E-state index contributed by atoms with van der Waals surface area (Å²) < 4.78 is 23.2. The van der Waals surface area contributed by atoms with Crippen LogP contribution >= 0.6 is 15.9 Å². The first-order valence-corrected chi connectivity index (χ1v) is 8.55. The van der Waals surface area contributed by atoms with E-state index in [4.69, 9.17) is 5.14 Å². The third kappa shape index (κ3) is 4.57. The van der Waals surface area contributed by atoms with Crippen LogP contribution in [0.25, 0.3) is 0 Å². The second kappa shape index (κ2) is 6.24. The SMILES string of the molecule is CCCC(C)(C)NC(=O)c1ccc(Br)c(S(N)(=O)=O)c1. The van der Waals surface area contributed by atoms with Crippen molar-refractivity contribution < 1.29 is 13.2 Å². The molecule has 1 rings (SSSR count). The summed E-state index contributed by atoms with van der Waals surface area (Å²) >= 11 is 3.11. The second-order valence-electron chi connectivity index (χ2n) is 5.28. The standard InChI is InChI=1S/C13H19BrN2O3S/c1-4-7-13(2,3)16-12(17)9-5-6-10(14)11(8-9)20(15,18)19/h5-6,8H,4,7H2,1-3H3,(H,16,17)(H2,15,18,19). The zero-order valence-corrected chi connectivity index (χ0v) is 14.1. The average Bonchev–Trinajstić information content (AvgIpc) is 2.26. The molecule has 0 aliphatic rings. The zero-order valence-electron chi connectivity index (χ0n) is 11.7. The highest BCUT2D eigenvalue weighted by Gasteiger charge is 2.22. The Kier molecular flexibility index (Phi) is 5.34. The topological polar surface area (TPSA) is 89.3 Å². The fourth-order valence-electron chi connectivity index (χ4n) is 1.93. The first-order chi connectivity index (χ1) is 9.07. The van der Waals surface area contributed by atoms with E-state index in [1.807, 2.05) is 20.8 Å². The molecular formula is C13H19BrN2O3S. The molecular weight excluding hydrogens is 344 g/mol. The van der Waals surface area contributed by atoms with Gasteiger partial charge >= 0.3 is 0 Å². The number of amides is 1. The predicted octanol–water partition coefficient (Wildman–Crippen LogP) is 2.41. The van der Waals surface area contributed by atoms with Crippen molar-refractivity contribution in [2.24, 2.45) is 5.14 Å². The van der Waals surface area contributed by atoms with Crippen LogP contribution in [0, 0.1) is 0 Å². The van der Waals surface area contributed by atoms with E-state index in [2.05, 4.69) is 21.2 Å². The molecule has 3 N–H and O–H groups in total. The molecule has 0 saturated carbocycles. The first kappa shape index (κ1) is 17.1. The van der Waals surface area contributed by atoms with Gasteiger partial charge in [0.25, 0.3) is 5.91 Å². The van der Waals surface area contributed by atoms with E-state index in [9.17, 15) is 13.2 Å². The number of carbonyl (C=O) groups is 1. The molecule has 0 aromatic heterocycles. The van der Waals surface area contributed by atoms with Gasteiger partial charge in [0.15, 0.2) is 0 Å². The van der Waals surface area contributed by atoms with E-state index in [1.54, 1.807) is 6.07 Å². The van der Waals surface area contributed by atoms with Gasteiger partial charge in [-0.2, -0.15) is 0 Å². The lowest BCUT2D eigenvalue weighted by Crippen LogP contribution is -2.43. The molecule has 1 aromatic rings. The van der Waals surface area contributed by atoms with Crippen molar-refractivity contribution in [2.75, 3.05) is 0 Å². The Morgan fingerprint density at radius 1 is 1.40 bits per heavy atom. The summed E-state index contributed by atoms with van der Waals surface area (Å²) in [6, 6.07) is 4.33. The lowest BCUT2D eigenvalue weighted by atomic mass is 9.98. The normalized spacial score (nSPS) is 12.2. The minimum Gasteiger partial charge on any atom is -0.347 e. The zero-order chi connectivity index (χ0) is 15.6. The fraction of sp³-hybridized carbons (Fsp3) is 0.462. The van der Waals surface area contributed by atoms with Gasteiger partial charge in [-0.3, -0.25) is 4.79 Å². The van der Waals surface area contributed by atoms with Gasteiger partial charge in [0, 0.05) is 15.6 Å². The summed E-state index contributed by atoms with van der Waals surface area (Å²) in [4.78, 5) is 12.1. The van der Waals surface area contributed by atoms with Gasteiger partial charge < -0.3 is 5.32 Å². The van der Waals surface area contributed by atoms with Crippen molar-refractivity contribution in [1.82, 2.24) is 5.32 Å². The first-order valence-electron chi connectivity index (χ1n) is 6.21. The summed E-state index contributed by atoms with van der Waals surface area (Å²) in [5, 5.41) is 7.99.